The normalized spacial score (nSPS) is 11.1. The summed E-state index contributed by atoms with van der Waals surface area (Å²) in [4.78, 5) is 16.7. The molecule has 1 N–H and O–H groups in total. The molecule has 6 nitrogen and oxygen atoms in total. The van der Waals surface area contributed by atoms with Gasteiger partial charge in [-0.25, -0.2) is 8.42 Å². The summed E-state index contributed by atoms with van der Waals surface area (Å²) in [5.74, 6) is -0.508. The van der Waals surface area contributed by atoms with E-state index in [9.17, 15) is 13.2 Å². The Morgan fingerprint density at radius 1 is 0.966 bits per heavy atom. The van der Waals surface area contributed by atoms with Crippen LogP contribution in [0, 0.1) is 0 Å². The molecular weight excluding hydrogens is 433 g/mol. The van der Waals surface area contributed by atoms with E-state index in [0.29, 0.717) is 5.69 Å². The van der Waals surface area contributed by atoms with Gasteiger partial charge in [-0.3, -0.25) is 14.1 Å². The summed E-state index contributed by atoms with van der Waals surface area (Å²) in [7, 11) is -4.06. The van der Waals surface area contributed by atoms with E-state index in [1.54, 1.807) is 54.7 Å². The first-order chi connectivity index (χ1) is 13.9. The van der Waals surface area contributed by atoms with Crippen LogP contribution in [0.3, 0.4) is 0 Å². The maximum absolute atomic E-state index is 13.2. The van der Waals surface area contributed by atoms with Crippen LogP contribution >= 0.6 is 23.2 Å². The van der Waals surface area contributed by atoms with E-state index in [2.05, 4.69) is 10.3 Å². The standard InChI is InChI=1S/C20H17Cl2N3O3S/c21-17-10-6-11-18(20(17)22)25(29(27,28)16-8-2-1-3-9-16)14-19(26)24-13-15-7-4-5-12-23-15/h1-12H,13-14H2,(H,24,26). The van der Waals surface area contributed by atoms with Gasteiger partial charge in [-0.1, -0.05) is 53.5 Å². The Hall–Kier alpha value is -2.61. The molecule has 2 aromatic carbocycles. The number of nitrogens with zero attached hydrogens (tertiary/aromatic N) is 2. The molecule has 0 saturated heterocycles. The van der Waals surface area contributed by atoms with Crippen molar-refractivity contribution in [1.82, 2.24) is 10.3 Å². The monoisotopic (exact) mass is 449 g/mol. The van der Waals surface area contributed by atoms with Crippen molar-refractivity contribution in [3.63, 3.8) is 0 Å². The van der Waals surface area contributed by atoms with Crippen LogP contribution in [0.25, 0.3) is 0 Å². The topological polar surface area (TPSA) is 79.4 Å². The van der Waals surface area contributed by atoms with Crippen LogP contribution in [-0.4, -0.2) is 25.9 Å². The third kappa shape index (κ3) is 5.06. The summed E-state index contributed by atoms with van der Waals surface area (Å²) in [5.41, 5.74) is 0.773. The maximum atomic E-state index is 13.2. The van der Waals surface area contributed by atoms with Gasteiger partial charge in [0.05, 0.1) is 32.9 Å². The van der Waals surface area contributed by atoms with Crippen molar-refractivity contribution in [2.45, 2.75) is 11.4 Å². The second-order valence-electron chi connectivity index (χ2n) is 6.00. The van der Waals surface area contributed by atoms with E-state index < -0.39 is 22.5 Å². The molecule has 0 bridgehead atoms. The highest BCUT2D eigenvalue weighted by Crippen LogP contribution is 2.35. The van der Waals surface area contributed by atoms with Crippen molar-refractivity contribution in [2.75, 3.05) is 10.8 Å². The first kappa shape index (κ1) is 21.1. The van der Waals surface area contributed by atoms with Gasteiger partial charge in [-0.05, 0) is 36.4 Å². The van der Waals surface area contributed by atoms with Crippen molar-refractivity contribution < 1.29 is 13.2 Å². The van der Waals surface area contributed by atoms with Gasteiger partial charge in [0.1, 0.15) is 6.54 Å². The number of rotatable bonds is 7. The van der Waals surface area contributed by atoms with Gasteiger partial charge in [-0.15, -0.1) is 0 Å². The molecule has 9 heteroatoms. The number of hydrogen-bond acceptors (Lipinski definition) is 4. The molecule has 3 aromatic rings. The molecule has 0 aliphatic rings. The number of benzene rings is 2. The Kier molecular flexibility index (Phi) is 6.74. The third-order valence-electron chi connectivity index (χ3n) is 4.01. The highest BCUT2D eigenvalue weighted by atomic mass is 35.5. The number of halogens is 2. The van der Waals surface area contributed by atoms with Crippen LogP contribution in [0.15, 0.2) is 77.8 Å². The molecule has 0 saturated carbocycles. The smallest absolute Gasteiger partial charge is 0.264 e. The summed E-state index contributed by atoms with van der Waals surface area (Å²) in [6.07, 6.45) is 1.61. The molecule has 150 valence electrons. The lowest BCUT2D eigenvalue weighted by atomic mass is 10.3. The highest BCUT2D eigenvalue weighted by molar-refractivity contribution is 7.92. The van der Waals surface area contributed by atoms with Gasteiger partial charge in [0.15, 0.2) is 0 Å². The molecular formula is C20H17Cl2N3O3S. The third-order valence-corrected chi connectivity index (χ3v) is 6.59. The van der Waals surface area contributed by atoms with Crippen molar-refractivity contribution in [3.05, 3.63) is 88.7 Å². The highest BCUT2D eigenvalue weighted by Gasteiger charge is 2.29. The van der Waals surface area contributed by atoms with Gasteiger partial charge in [0.2, 0.25) is 5.91 Å². The van der Waals surface area contributed by atoms with Crippen LogP contribution in [0.1, 0.15) is 5.69 Å². The predicted octanol–water partition coefficient (Wildman–Crippen LogP) is 3.90. The van der Waals surface area contributed by atoms with Crippen molar-refractivity contribution >= 4 is 44.8 Å². The molecule has 0 radical (unpaired) electrons. The lowest BCUT2D eigenvalue weighted by Gasteiger charge is -2.25. The minimum atomic E-state index is -4.06. The molecule has 1 heterocycles. The first-order valence-corrected chi connectivity index (χ1v) is 10.8. The van der Waals surface area contributed by atoms with E-state index in [0.717, 1.165) is 4.31 Å². The second kappa shape index (κ2) is 9.26. The minimum absolute atomic E-state index is 0.0357. The summed E-state index contributed by atoms with van der Waals surface area (Å²) < 4.78 is 27.4. The summed E-state index contributed by atoms with van der Waals surface area (Å²) in [5, 5.41) is 2.91. The van der Waals surface area contributed by atoms with Crippen LogP contribution in [0.4, 0.5) is 5.69 Å². The zero-order valence-electron chi connectivity index (χ0n) is 15.1. The average molecular weight is 450 g/mol. The van der Waals surface area contributed by atoms with Crippen LogP contribution in [0.2, 0.25) is 10.0 Å². The molecule has 0 aliphatic carbocycles. The number of carbonyl (C=O) groups is 1. The number of carbonyl (C=O) groups excluding carboxylic acids is 1. The second-order valence-corrected chi connectivity index (χ2v) is 8.64. The average Bonchev–Trinajstić information content (AvgIpc) is 2.74. The molecule has 0 unspecified atom stereocenters. The lowest BCUT2D eigenvalue weighted by Crippen LogP contribution is -2.41. The van der Waals surface area contributed by atoms with Gasteiger partial charge in [-0.2, -0.15) is 0 Å². The molecule has 0 fully saturated rings. The summed E-state index contributed by atoms with van der Waals surface area (Å²) in [6.45, 7) is -0.299. The van der Waals surface area contributed by atoms with Gasteiger partial charge in [0, 0.05) is 6.20 Å². The summed E-state index contributed by atoms with van der Waals surface area (Å²) >= 11 is 12.3. The lowest BCUT2D eigenvalue weighted by molar-refractivity contribution is -0.119. The Morgan fingerprint density at radius 2 is 1.69 bits per heavy atom. The number of anilines is 1. The van der Waals surface area contributed by atoms with Crippen molar-refractivity contribution in [3.8, 4) is 0 Å². The molecule has 1 aromatic heterocycles. The molecule has 29 heavy (non-hydrogen) atoms. The Balaban J connectivity index is 1.91. The molecule has 3 rings (SSSR count). The van der Waals surface area contributed by atoms with E-state index in [1.165, 1.54) is 18.2 Å². The summed E-state index contributed by atoms with van der Waals surface area (Å²) in [6, 6.07) is 17.7. The fourth-order valence-electron chi connectivity index (χ4n) is 2.58. The van der Waals surface area contributed by atoms with E-state index in [1.807, 2.05) is 0 Å². The maximum Gasteiger partial charge on any atom is 0.264 e. The molecule has 1 amide bonds. The van der Waals surface area contributed by atoms with E-state index in [4.69, 9.17) is 23.2 Å². The van der Waals surface area contributed by atoms with Gasteiger partial charge >= 0.3 is 0 Å². The minimum Gasteiger partial charge on any atom is -0.349 e. The fourth-order valence-corrected chi connectivity index (χ4v) is 4.48. The van der Waals surface area contributed by atoms with Crippen molar-refractivity contribution in [1.29, 1.82) is 0 Å². The number of amides is 1. The number of aromatic nitrogens is 1. The zero-order valence-corrected chi connectivity index (χ0v) is 17.5. The molecule has 0 atom stereocenters. The van der Waals surface area contributed by atoms with Gasteiger partial charge < -0.3 is 5.32 Å². The van der Waals surface area contributed by atoms with Crippen LogP contribution < -0.4 is 9.62 Å². The Bertz CT molecular complexity index is 1090. The Morgan fingerprint density at radius 3 is 2.38 bits per heavy atom. The first-order valence-electron chi connectivity index (χ1n) is 8.58. The van der Waals surface area contributed by atoms with Crippen LogP contribution in [0.5, 0.6) is 0 Å². The quantitative estimate of drug-likeness (QED) is 0.592. The fraction of sp³-hybridized carbons (Fsp3) is 0.100. The van der Waals surface area contributed by atoms with E-state index >= 15 is 0 Å². The predicted molar refractivity (Wildman–Crippen MR) is 114 cm³/mol. The largest absolute Gasteiger partial charge is 0.349 e. The number of nitrogens with one attached hydrogen (secondary N) is 1. The molecule has 0 spiro atoms. The van der Waals surface area contributed by atoms with Crippen LogP contribution in [-0.2, 0) is 21.4 Å². The molecule has 0 aliphatic heterocycles. The number of sulfonamides is 1. The number of pyridine rings is 1. The SMILES string of the molecule is O=C(CN(c1cccc(Cl)c1Cl)S(=O)(=O)c1ccccc1)NCc1ccccn1. The Labute approximate surface area is 179 Å². The van der Waals surface area contributed by atoms with Crippen molar-refractivity contribution in [2.24, 2.45) is 0 Å². The van der Waals surface area contributed by atoms with Gasteiger partial charge in [0.25, 0.3) is 10.0 Å². The number of hydrogen-bond donors (Lipinski definition) is 1. The zero-order chi connectivity index (χ0) is 20.9. The van der Waals surface area contributed by atoms with E-state index in [-0.39, 0.29) is 27.2 Å².